The van der Waals surface area contributed by atoms with Crippen LogP contribution < -0.4 is 5.32 Å². The molecule has 0 unspecified atom stereocenters. The van der Waals surface area contributed by atoms with Crippen LogP contribution in [0.2, 0.25) is 0 Å². The zero-order valence-corrected chi connectivity index (χ0v) is 15.4. The second-order valence-corrected chi connectivity index (χ2v) is 7.09. The third-order valence-electron chi connectivity index (χ3n) is 4.40. The first-order valence-corrected chi connectivity index (χ1v) is 10.1. The highest BCUT2D eigenvalue weighted by Gasteiger charge is 2.18. The predicted octanol–water partition coefficient (Wildman–Crippen LogP) is 1.45. The summed E-state index contributed by atoms with van der Waals surface area (Å²) < 4.78 is 7.31. The molecule has 25 heavy (non-hydrogen) atoms. The van der Waals surface area contributed by atoms with Crippen molar-refractivity contribution < 1.29 is 9.21 Å². The highest BCUT2D eigenvalue weighted by atomic mass is 32.2. The number of rotatable bonds is 8. The summed E-state index contributed by atoms with van der Waals surface area (Å²) in [6, 6.07) is 3.36. The molecule has 0 aromatic carbocycles. The van der Waals surface area contributed by atoms with Crippen LogP contribution in [0.4, 0.5) is 0 Å². The van der Waals surface area contributed by atoms with Crippen LogP contribution in [0.5, 0.6) is 0 Å². The van der Waals surface area contributed by atoms with Crippen molar-refractivity contribution in [3.05, 3.63) is 35.8 Å². The molecule has 0 saturated carbocycles. The maximum absolute atomic E-state index is 11.9. The monoisotopic (exact) mass is 363 g/mol. The van der Waals surface area contributed by atoms with Crippen molar-refractivity contribution in [2.45, 2.75) is 25.8 Å². The van der Waals surface area contributed by atoms with E-state index in [1.165, 1.54) is 18.4 Å². The standard InChI is InChI=1S/C17H25N5O2S/c1-25-13-3-8-21-9-6-16-20-19-15(22(16)11-10-21)5-7-18-17(23)14-4-2-12-24-14/h2,4,12H,3,5-11,13H2,1H3,(H,18,23). The van der Waals surface area contributed by atoms with E-state index in [1.54, 1.807) is 12.1 Å². The molecule has 0 saturated heterocycles. The van der Waals surface area contributed by atoms with Gasteiger partial charge in [0.15, 0.2) is 5.76 Å². The molecular weight excluding hydrogens is 338 g/mol. The summed E-state index contributed by atoms with van der Waals surface area (Å²) >= 11 is 1.90. The largest absolute Gasteiger partial charge is 0.459 e. The van der Waals surface area contributed by atoms with Gasteiger partial charge in [-0.1, -0.05) is 0 Å². The Hall–Kier alpha value is -1.80. The molecule has 0 bridgehead atoms. The van der Waals surface area contributed by atoms with Gasteiger partial charge in [0.2, 0.25) is 0 Å². The highest BCUT2D eigenvalue weighted by molar-refractivity contribution is 7.98. The fourth-order valence-corrected chi connectivity index (χ4v) is 3.47. The van der Waals surface area contributed by atoms with Crippen molar-refractivity contribution in [1.82, 2.24) is 25.0 Å². The van der Waals surface area contributed by atoms with E-state index in [1.807, 2.05) is 11.8 Å². The van der Waals surface area contributed by atoms with Gasteiger partial charge in [-0.15, -0.1) is 10.2 Å². The maximum atomic E-state index is 11.9. The minimum absolute atomic E-state index is 0.194. The second kappa shape index (κ2) is 9.05. The van der Waals surface area contributed by atoms with Crippen LogP contribution in [0.25, 0.3) is 0 Å². The Balaban J connectivity index is 1.49. The summed E-state index contributed by atoms with van der Waals surface area (Å²) in [6.45, 7) is 4.67. The number of fused-ring (bicyclic) bond motifs is 1. The summed E-state index contributed by atoms with van der Waals surface area (Å²) in [4.78, 5) is 14.4. The van der Waals surface area contributed by atoms with Crippen LogP contribution >= 0.6 is 11.8 Å². The van der Waals surface area contributed by atoms with Crippen LogP contribution in [0.3, 0.4) is 0 Å². The first kappa shape index (κ1) is 18.0. The van der Waals surface area contributed by atoms with E-state index in [2.05, 4.69) is 31.2 Å². The Kier molecular flexibility index (Phi) is 6.52. The molecular formula is C17H25N5O2S. The number of amides is 1. The summed E-state index contributed by atoms with van der Waals surface area (Å²) in [6.07, 6.45) is 6.49. The summed E-state index contributed by atoms with van der Waals surface area (Å²) in [5.74, 6) is 3.35. The molecule has 0 aliphatic carbocycles. The van der Waals surface area contributed by atoms with Gasteiger partial charge in [0.1, 0.15) is 11.6 Å². The minimum Gasteiger partial charge on any atom is -0.459 e. The summed E-state index contributed by atoms with van der Waals surface area (Å²) in [7, 11) is 0. The lowest BCUT2D eigenvalue weighted by molar-refractivity contribution is 0.0926. The van der Waals surface area contributed by atoms with Gasteiger partial charge >= 0.3 is 0 Å². The molecule has 8 heteroatoms. The highest BCUT2D eigenvalue weighted by Crippen LogP contribution is 2.11. The number of carbonyl (C=O) groups is 1. The minimum atomic E-state index is -0.194. The van der Waals surface area contributed by atoms with Crippen molar-refractivity contribution >= 4 is 17.7 Å². The van der Waals surface area contributed by atoms with Gasteiger partial charge in [0.05, 0.1) is 6.26 Å². The number of thioether (sulfide) groups is 1. The van der Waals surface area contributed by atoms with E-state index in [9.17, 15) is 4.79 Å². The predicted molar refractivity (Wildman–Crippen MR) is 97.9 cm³/mol. The number of carbonyl (C=O) groups excluding carboxylic acids is 1. The number of nitrogens with zero attached hydrogens (tertiary/aromatic N) is 4. The van der Waals surface area contributed by atoms with Crippen LogP contribution in [-0.4, -0.2) is 63.8 Å². The normalized spacial score (nSPS) is 14.9. The molecule has 0 fully saturated rings. The molecule has 2 aromatic rings. The van der Waals surface area contributed by atoms with Gasteiger partial charge in [0, 0.05) is 39.0 Å². The second-order valence-electron chi connectivity index (χ2n) is 6.11. The van der Waals surface area contributed by atoms with E-state index in [0.29, 0.717) is 18.7 Å². The van der Waals surface area contributed by atoms with Crippen LogP contribution in [0.1, 0.15) is 28.6 Å². The average Bonchev–Trinajstić information content (AvgIpc) is 3.23. The molecule has 1 aliphatic rings. The van der Waals surface area contributed by atoms with Gasteiger partial charge in [-0.2, -0.15) is 11.8 Å². The smallest absolute Gasteiger partial charge is 0.286 e. The quantitative estimate of drug-likeness (QED) is 0.716. The lowest BCUT2D eigenvalue weighted by atomic mass is 10.3. The molecule has 136 valence electrons. The number of hydrogen-bond acceptors (Lipinski definition) is 6. The summed E-state index contributed by atoms with van der Waals surface area (Å²) in [5, 5.41) is 11.5. The van der Waals surface area contributed by atoms with E-state index in [-0.39, 0.29) is 5.91 Å². The zero-order chi connectivity index (χ0) is 17.5. The molecule has 1 N–H and O–H groups in total. The molecule has 3 heterocycles. The van der Waals surface area contributed by atoms with Gasteiger partial charge in [0.25, 0.3) is 5.91 Å². The van der Waals surface area contributed by atoms with Crippen LogP contribution in [0.15, 0.2) is 22.8 Å². The zero-order valence-electron chi connectivity index (χ0n) is 14.6. The van der Waals surface area contributed by atoms with Crippen molar-refractivity contribution in [1.29, 1.82) is 0 Å². The molecule has 1 amide bonds. The van der Waals surface area contributed by atoms with Crippen LogP contribution in [-0.2, 0) is 19.4 Å². The number of furan rings is 1. The van der Waals surface area contributed by atoms with E-state index in [4.69, 9.17) is 4.42 Å². The van der Waals surface area contributed by atoms with E-state index in [0.717, 1.165) is 44.2 Å². The van der Waals surface area contributed by atoms with Crippen molar-refractivity contribution in [2.75, 3.05) is 38.2 Å². The molecule has 0 spiro atoms. The SMILES string of the molecule is CSCCCN1CCc2nnc(CCNC(=O)c3ccco3)n2CC1. The number of hydrogen-bond donors (Lipinski definition) is 1. The Bertz CT molecular complexity index is 671. The fraction of sp³-hybridized carbons (Fsp3) is 0.588. The third-order valence-corrected chi connectivity index (χ3v) is 5.09. The first-order chi connectivity index (χ1) is 12.3. The molecule has 3 rings (SSSR count). The molecule has 2 aromatic heterocycles. The van der Waals surface area contributed by atoms with Gasteiger partial charge < -0.3 is 19.2 Å². The molecule has 1 aliphatic heterocycles. The Morgan fingerprint density at radius 1 is 1.36 bits per heavy atom. The van der Waals surface area contributed by atoms with E-state index < -0.39 is 0 Å². The average molecular weight is 363 g/mol. The number of nitrogens with one attached hydrogen (secondary N) is 1. The lowest BCUT2D eigenvalue weighted by Crippen LogP contribution is -2.29. The summed E-state index contributed by atoms with van der Waals surface area (Å²) in [5.41, 5.74) is 0. The Labute approximate surface area is 152 Å². The Morgan fingerprint density at radius 3 is 3.08 bits per heavy atom. The Morgan fingerprint density at radius 2 is 2.28 bits per heavy atom. The fourth-order valence-electron chi connectivity index (χ4n) is 3.05. The molecule has 7 nitrogen and oxygen atoms in total. The lowest BCUT2D eigenvalue weighted by Gasteiger charge is -2.19. The van der Waals surface area contributed by atoms with Gasteiger partial charge in [-0.05, 0) is 37.1 Å². The molecule has 0 radical (unpaired) electrons. The van der Waals surface area contributed by atoms with Crippen molar-refractivity contribution in [3.63, 3.8) is 0 Å². The van der Waals surface area contributed by atoms with Crippen molar-refractivity contribution in [2.24, 2.45) is 0 Å². The molecule has 0 atom stereocenters. The van der Waals surface area contributed by atoms with Crippen molar-refractivity contribution in [3.8, 4) is 0 Å². The van der Waals surface area contributed by atoms with Gasteiger partial charge in [-0.3, -0.25) is 4.79 Å². The number of aromatic nitrogens is 3. The van der Waals surface area contributed by atoms with E-state index >= 15 is 0 Å². The third kappa shape index (κ3) is 4.85. The topological polar surface area (TPSA) is 76.2 Å². The van der Waals surface area contributed by atoms with Gasteiger partial charge in [-0.25, -0.2) is 0 Å². The maximum Gasteiger partial charge on any atom is 0.286 e. The first-order valence-electron chi connectivity index (χ1n) is 8.72. The van der Waals surface area contributed by atoms with Crippen LogP contribution in [0, 0.1) is 0 Å².